The van der Waals surface area contributed by atoms with Crippen LogP contribution >= 0.6 is 0 Å². The van der Waals surface area contributed by atoms with Crippen molar-refractivity contribution < 1.29 is 56.8 Å². The molecule has 60 heavy (non-hydrogen) atoms. The summed E-state index contributed by atoms with van der Waals surface area (Å²) in [6, 6.07) is 0. The van der Waals surface area contributed by atoms with Crippen molar-refractivity contribution in [3.05, 3.63) is 36.5 Å². The summed E-state index contributed by atoms with van der Waals surface area (Å²) in [5, 5.41) is 30.9. The largest absolute Gasteiger partial charge is 0.462 e. The average Bonchev–Trinajstić information content (AvgIpc) is 3.21. The van der Waals surface area contributed by atoms with Crippen molar-refractivity contribution in [2.45, 2.75) is 230 Å². The summed E-state index contributed by atoms with van der Waals surface area (Å²) in [6.45, 7) is 3.72. The van der Waals surface area contributed by atoms with E-state index in [0.29, 0.717) is 19.3 Å². The SMILES string of the molecule is CCCCCCCC/C=C/CCCCCCCC(=O)O[C@H](COC(=O)CCC/C=C/C/C=C/CCCCCCCCCCC)CO[C@H]1O[C@H](CS(=O)(=O)O)[C@@H](O)C(O)C1O. The molecule has 1 heterocycles. The lowest BCUT2D eigenvalue weighted by molar-refractivity contribution is -0.297. The van der Waals surface area contributed by atoms with Crippen molar-refractivity contribution in [1.29, 1.82) is 0 Å². The molecule has 1 aliphatic heterocycles. The summed E-state index contributed by atoms with van der Waals surface area (Å²) in [4.78, 5) is 25.4. The molecule has 4 N–H and O–H groups in total. The van der Waals surface area contributed by atoms with E-state index in [0.717, 1.165) is 51.4 Å². The fraction of sp³-hybridized carbons (Fsp3) is 0.830. The van der Waals surface area contributed by atoms with E-state index in [-0.39, 0.29) is 19.4 Å². The fourth-order valence-corrected chi connectivity index (χ4v) is 7.70. The zero-order valence-electron chi connectivity index (χ0n) is 37.3. The highest BCUT2D eigenvalue weighted by Gasteiger charge is 2.46. The smallest absolute Gasteiger partial charge is 0.306 e. The number of esters is 2. The number of rotatable bonds is 39. The third-order valence-corrected chi connectivity index (χ3v) is 11.4. The van der Waals surface area contributed by atoms with E-state index in [2.05, 4.69) is 44.2 Å². The van der Waals surface area contributed by atoms with Gasteiger partial charge < -0.3 is 34.3 Å². The van der Waals surface area contributed by atoms with Gasteiger partial charge in [-0.1, -0.05) is 153 Å². The van der Waals surface area contributed by atoms with Crippen molar-refractivity contribution >= 4 is 22.1 Å². The van der Waals surface area contributed by atoms with Crippen LogP contribution in [-0.2, 0) is 38.7 Å². The van der Waals surface area contributed by atoms with E-state index in [1.54, 1.807) is 0 Å². The Bertz CT molecular complexity index is 1250. The Balaban J connectivity index is 2.46. The number of aliphatic hydroxyl groups is 3. The van der Waals surface area contributed by atoms with Gasteiger partial charge in [0.25, 0.3) is 10.1 Å². The molecule has 12 nitrogen and oxygen atoms in total. The highest BCUT2D eigenvalue weighted by molar-refractivity contribution is 7.85. The Kier molecular flexibility index (Phi) is 34.9. The average molecular weight is 873 g/mol. The van der Waals surface area contributed by atoms with Gasteiger partial charge in [0.2, 0.25) is 0 Å². The standard InChI is InChI=1S/C47H84O12S/c1-3-5-7-9-11-13-15-17-19-20-22-23-25-27-29-31-33-35-42(48)56-37-40(38-57-47-46(52)45(51)44(50)41(59-47)39-60(53,54)55)58-43(49)36-34-32-30-28-26-24-21-18-16-14-12-10-8-6-4-2/h18,21-23,27,29,40-41,44-47,50-52H,3-17,19-20,24-26,28,30-39H2,1-2H3,(H,53,54,55)/b21-18+,23-22+,29-27+/t40-,41-,44-,45?,46?,47+/m1/s1. The molecule has 2 unspecified atom stereocenters. The molecular weight excluding hydrogens is 789 g/mol. The minimum Gasteiger partial charge on any atom is -0.462 e. The van der Waals surface area contributed by atoms with Crippen LogP contribution in [0.3, 0.4) is 0 Å². The number of aliphatic hydroxyl groups excluding tert-OH is 3. The molecule has 1 rings (SSSR count). The van der Waals surface area contributed by atoms with Crippen LogP contribution in [0.2, 0.25) is 0 Å². The first kappa shape index (κ1) is 55.9. The maximum Gasteiger partial charge on any atom is 0.306 e. The molecule has 1 fully saturated rings. The van der Waals surface area contributed by atoms with Gasteiger partial charge in [-0.2, -0.15) is 8.42 Å². The minimum absolute atomic E-state index is 0.146. The molecule has 0 aromatic heterocycles. The van der Waals surface area contributed by atoms with Gasteiger partial charge >= 0.3 is 11.9 Å². The molecule has 0 aliphatic carbocycles. The zero-order valence-corrected chi connectivity index (χ0v) is 38.1. The van der Waals surface area contributed by atoms with Crippen LogP contribution in [0.25, 0.3) is 0 Å². The van der Waals surface area contributed by atoms with Gasteiger partial charge in [0.1, 0.15) is 36.8 Å². The molecule has 0 radical (unpaired) electrons. The first-order valence-corrected chi connectivity index (χ1v) is 25.2. The predicted octanol–water partition coefficient (Wildman–Crippen LogP) is 9.78. The summed E-state index contributed by atoms with van der Waals surface area (Å²) >= 11 is 0. The third-order valence-electron chi connectivity index (χ3n) is 10.7. The Labute approximate surface area is 363 Å². The number of hydrogen-bond donors (Lipinski definition) is 4. The van der Waals surface area contributed by atoms with Crippen molar-refractivity contribution in [2.75, 3.05) is 19.0 Å². The summed E-state index contributed by atoms with van der Waals surface area (Å²) in [6.07, 6.45) is 33.4. The normalized spacial score (nSPS) is 20.4. The maximum absolute atomic E-state index is 12.8. The van der Waals surface area contributed by atoms with Crippen LogP contribution in [0.15, 0.2) is 36.5 Å². The van der Waals surface area contributed by atoms with Crippen LogP contribution < -0.4 is 0 Å². The molecule has 0 spiro atoms. The molecule has 350 valence electrons. The Morgan fingerprint density at radius 3 is 1.53 bits per heavy atom. The van der Waals surface area contributed by atoms with Crippen molar-refractivity contribution in [3.63, 3.8) is 0 Å². The number of ether oxygens (including phenoxy) is 4. The third kappa shape index (κ3) is 31.7. The maximum atomic E-state index is 12.8. The molecule has 1 aliphatic rings. The second-order valence-corrected chi connectivity index (χ2v) is 17.9. The van der Waals surface area contributed by atoms with Crippen LogP contribution in [0.5, 0.6) is 0 Å². The lowest BCUT2D eigenvalue weighted by atomic mass is 10.00. The molecule has 13 heteroatoms. The van der Waals surface area contributed by atoms with Crippen molar-refractivity contribution in [2.24, 2.45) is 0 Å². The van der Waals surface area contributed by atoms with E-state index >= 15 is 0 Å². The van der Waals surface area contributed by atoms with E-state index in [9.17, 15) is 37.9 Å². The number of hydrogen-bond acceptors (Lipinski definition) is 11. The van der Waals surface area contributed by atoms with Crippen LogP contribution in [0.1, 0.15) is 194 Å². The van der Waals surface area contributed by atoms with Crippen LogP contribution in [0, 0.1) is 0 Å². The van der Waals surface area contributed by atoms with Crippen molar-refractivity contribution in [1.82, 2.24) is 0 Å². The Morgan fingerprint density at radius 1 is 0.567 bits per heavy atom. The van der Waals surface area contributed by atoms with Crippen LogP contribution in [-0.4, -0.2) is 96.0 Å². The summed E-state index contributed by atoms with van der Waals surface area (Å²) in [5.74, 6) is -2.05. The topological polar surface area (TPSA) is 186 Å². The Morgan fingerprint density at radius 2 is 1.02 bits per heavy atom. The van der Waals surface area contributed by atoms with Gasteiger partial charge in [-0.3, -0.25) is 14.1 Å². The predicted molar refractivity (Wildman–Crippen MR) is 238 cm³/mol. The number of unbranched alkanes of at least 4 members (excludes halogenated alkanes) is 21. The zero-order chi connectivity index (χ0) is 44.1. The van der Waals surface area contributed by atoms with Crippen molar-refractivity contribution in [3.8, 4) is 0 Å². The lowest BCUT2D eigenvalue weighted by Gasteiger charge is -2.40. The first-order valence-electron chi connectivity index (χ1n) is 23.5. The fourth-order valence-electron chi connectivity index (χ4n) is 7.00. The summed E-state index contributed by atoms with van der Waals surface area (Å²) < 4.78 is 54.0. The van der Waals surface area contributed by atoms with E-state index < -0.39 is 71.2 Å². The number of allylic oxidation sites excluding steroid dienone is 6. The molecular formula is C47H84O12S. The highest BCUT2D eigenvalue weighted by Crippen LogP contribution is 2.24. The molecule has 1 saturated heterocycles. The van der Waals surface area contributed by atoms with Gasteiger partial charge in [0, 0.05) is 12.8 Å². The highest BCUT2D eigenvalue weighted by atomic mass is 32.2. The Hall–Kier alpha value is -2.13. The van der Waals surface area contributed by atoms with E-state index in [1.165, 1.54) is 96.3 Å². The molecule has 6 atom stereocenters. The second kappa shape index (κ2) is 37.4. The monoisotopic (exact) mass is 873 g/mol. The lowest BCUT2D eigenvalue weighted by Crippen LogP contribution is -2.60. The number of carbonyl (C=O) groups is 2. The van der Waals surface area contributed by atoms with Gasteiger partial charge in [0.05, 0.1) is 6.61 Å². The van der Waals surface area contributed by atoms with Gasteiger partial charge in [-0.05, 0) is 64.2 Å². The molecule has 0 saturated carbocycles. The summed E-state index contributed by atoms with van der Waals surface area (Å²) in [5.41, 5.74) is 0. The minimum atomic E-state index is -4.61. The van der Waals surface area contributed by atoms with E-state index in [1.807, 2.05) is 6.08 Å². The number of carbonyl (C=O) groups excluding carboxylic acids is 2. The van der Waals surface area contributed by atoms with Gasteiger partial charge in [-0.15, -0.1) is 0 Å². The van der Waals surface area contributed by atoms with Gasteiger partial charge in [-0.25, -0.2) is 0 Å². The quantitative estimate of drug-likeness (QED) is 0.0199. The summed E-state index contributed by atoms with van der Waals surface area (Å²) in [7, 11) is -4.61. The van der Waals surface area contributed by atoms with Crippen LogP contribution in [0.4, 0.5) is 0 Å². The molecule has 0 aromatic carbocycles. The first-order chi connectivity index (χ1) is 29.0. The molecule has 0 amide bonds. The van der Waals surface area contributed by atoms with E-state index in [4.69, 9.17) is 18.9 Å². The molecule has 0 bridgehead atoms. The van der Waals surface area contributed by atoms with Gasteiger partial charge in [0.15, 0.2) is 12.4 Å². The second-order valence-electron chi connectivity index (χ2n) is 16.4. The molecule has 0 aromatic rings.